The van der Waals surface area contributed by atoms with Gasteiger partial charge in [-0.15, -0.1) is 0 Å². The van der Waals surface area contributed by atoms with Gasteiger partial charge in [0, 0.05) is 24.0 Å². The Hall–Kier alpha value is -0.393. The quantitative estimate of drug-likeness (QED) is 0.349. The highest BCUT2D eigenvalue weighted by Gasteiger charge is 2.43. The average molecular weight is 460 g/mol. The van der Waals surface area contributed by atoms with E-state index in [0.717, 1.165) is 35.9 Å². The molecule has 0 aromatic rings. The Morgan fingerprint density at radius 3 is 2.37 bits per heavy atom. The summed E-state index contributed by atoms with van der Waals surface area (Å²) in [7, 11) is -0.215. The molecule has 1 rings (SSSR count). The van der Waals surface area contributed by atoms with E-state index >= 15 is 0 Å². The van der Waals surface area contributed by atoms with Gasteiger partial charge in [-0.25, -0.2) is 0 Å². The van der Waals surface area contributed by atoms with Crippen LogP contribution in [0.5, 0.6) is 0 Å². The van der Waals surface area contributed by atoms with Gasteiger partial charge in [0.05, 0.1) is 12.9 Å². The SMILES string of the molecule is C=C(Br)C[C@]1(CC[C@H](O[Si](C)(C)C(C)(C)C)C(C)C)CCC(OC)=CC1=O. The molecule has 0 spiro atoms. The van der Waals surface area contributed by atoms with E-state index in [2.05, 4.69) is 70.2 Å². The lowest BCUT2D eigenvalue weighted by Crippen LogP contribution is -2.45. The van der Waals surface area contributed by atoms with Crippen LogP contribution < -0.4 is 0 Å². The van der Waals surface area contributed by atoms with Crippen molar-refractivity contribution in [3.05, 3.63) is 22.9 Å². The Balaban J connectivity index is 3.00. The lowest BCUT2D eigenvalue weighted by molar-refractivity contribution is -0.126. The van der Waals surface area contributed by atoms with Gasteiger partial charge in [0.1, 0.15) is 0 Å². The van der Waals surface area contributed by atoms with Crippen molar-refractivity contribution in [3.8, 4) is 0 Å². The third-order valence-corrected chi connectivity index (χ3v) is 11.1. The van der Waals surface area contributed by atoms with Crippen LogP contribution in [0.15, 0.2) is 22.9 Å². The van der Waals surface area contributed by atoms with Crippen LogP contribution in [0.4, 0.5) is 0 Å². The molecule has 0 saturated carbocycles. The van der Waals surface area contributed by atoms with Gasteiger partial charge in [-0.2, -0.15) is 0 Å². The summed E-state index contributed by atoms with van der Waals surface area (Å²) in [5, 5.41) is 0.179. The molecule has 0 amide bonds. The minimum Gasteiger partial charge on any atom is -0.501 e. The van der Waals surface area contributed by atoms with Crippen molar-refractivity contribution in [1.82, 2.24) is 0 Å². The Kier molecular flexibility index (Phi) is 8.58. The van der Waals surface area contributed by atoms with Gasteiger partial charge in [0.15, 0.2) is 14.1 Å². The van der Waals surface area contributed by atoms with E-state index in [1.165, 1.54) is 0 Å². The number of halogens is 1. The zero-order valence-electron chi connectivity index (χ0n) is 18.6. The zero-order chi connectivity index (χ0) is 21.0. The molecule has 0 heterocycles. The molecule has 1 aliphatic rings. The summed E-state index contributed by atoms with van der Waals surface area (Å²) in [4.78, 5) is 13.0. The van der Waals surface area contributed by atoms with Crippen LogP contribution in [-0.4, -0.2) is 27.3 Å². The molecule has 0 fully saturated rings. The summed E-state index contributed by atoms with van der Waals surface area (Å²) in [6.45, 7) is 19.9. The Bertz CT molecular complexity index is 575. The van der Waals surface area contributed by atoms with Crippen molar-refractivity contribution < 1.29 is 14.0 Å². The van der Waals surface area contributed by atoms with Crippen molar-refractivity contribution >= 4 is 30.0 Å². The minimum absolute atomic E-state index is 0.168. The second-order valence-electron chi connectivity index (χ2n) is 9.85. The Morgan fingerprint density at radius 1 is 1.37 bits per heavy atom. The molecule has 27 heavy (non-hydrogen) atoms. The molecule has 2 atom stereocenters. The van der Waals surface area contributed by atoms with Crippen LogP contribution in [0.2, 0.25) is 18.1 Å². The molecular formula is C22H39BrO3Si. The molecule has 0 radical (unpaired) electrons. The van der Waals surface area contributed by atoms with Gasteiger partial charge >= 0.3 is 0 Å². The fourth-order valence-electron chi connectivity index (χ4n) is 3.40. The second-order valence-corrected chi connectivity index (χ2v) is 15.7. The van der Waals surface area contributed by atoms with Gasteiger partial charge in [-0.3, -0.25) is 4.79 Å². The molecule has 0 N–H and O–H groups in total. The minimum atomic E-state index is -1.85. The van der Waals surface area contributed by atoms with E-state index in [1.807, 2.05) is 0 Å². The molecule has 0 saturated heterocycles. The number of ketones is 1. The number of ether oxygens (including phenoxy) is 1. The summed E-state index contributed by atoms with van der Waals surface area (Å²) in [6.07, 6.45) is 5.86. The van der Waals surface area contributed by atoms with Gasteiger partial charge in [0.2, 0.25) is 0 Å². The second kappa shape index (κ2) is 9.40. The van der Waals surface area contributed by atoms with Crippen molar-refractivity contribution in [2.24, 2.45) is 11.3 Å². The average Bonchev–Trinajstić information content (AvgIpc) is 2.51. The number of hydrogen-bond acceptors (Lipinski definition) is 3. The van der Waals surface area contributed by atoms with Crippen LogP contribution in [0.3, 0.4) is 0 Å². The maximum Gasteiger partial charge on any atom is 0.192 e. The third kappa shape index (κ3) is 6.57. The van der Waals surface area contributed by atoms with Gasteiger partial charge in [-0.05, 0) is 54.2 Å². The highest BCUT2D eigenvalue weighted by molar-refractivity contribution is 9.11. The summed E-state index contributed by atoms with van der Waals surface area (Å²) >= 11 is 3.49. The summed E-state index contributed by atoms with van der Waals surface area (Å²) in [5.41, 5.74) is -0.396. The Labute approximate surface area is 176 Å². The summed E-state index contributed by atoms with van der Waals surface area (Å²) in [5.74, 6) is 1.38. The zero-order valence-corrected chi connectivity index (χ0v) is 21.2. The van der Waals surface area contributed by atoms with Crippen molar-refractivity contribution in [2.75, 3.05) is 7.11 Å². The predicted octanol–water partition coefficient (Wildman–Crippen LogP) is 6.99. The first-order chi connectivity index (χ1) is 12.2. The highest BCUT2D eigenvalue weighted by Crippen LogP contribution is 2.45. The fraction of sp³-hybridized carbons (Fsp3) is 0.773. The van der Waals surface area contributed by atoms with E-state index in [-0.39, 0.29) is 16.9 Å². The fourth-order valence-corrected chi connectivity index (χ4v) is 5.44. The maximum atomic E-state index is 13.0. The van der Waals surface area contributed by atoms with E-state index < -0.39 is 13.7 Å². The van der Waals surface area contributed by atoms with Crippen molar-refractivity contribution in [2.45, 2.75) is 91.0 Å². The predicted molar refractivity (Wildman–Crippen MR) is 121 cm³/mol. The van der Waals surface area contributed by atoms with E-state index in [9.17, 15) is 4.79 Å². The standard InChI is InChI=1S/C22H39BrO3Si/c1-16(2)19(26-27(8,9)21(4,5)6)11-13-22(15-17(3)23)12-10-18(25-7)14-20(22)24/h14,16,19H,3,10-13,15H2,1-2,4-9H3/t19-,22+/m0/s1. The number of allylic oxidation sites excluding steroid dienone is 3. The normalized spacial score (nSPS) is 22.6. The lowest BCUT2D eigenvalue weighted by Gasteiger charge is -2.42. The first kappa shape index (κ1) is 24.6. The largest absolute Gasteiger partial charge is 0.501 e. The number of carbonyl (C=O) groups excluding carboxylic acids is 1. The maximum absolute atomic E-state index is 13.0. The number of carbonyl (C=O) groups is 1. The summed E-state index contributed by atoms with van der Waals surface area (Å²) < 4.78 is 12.9. The van der Waals surface area contributed by atoms with Crippen molar-refractivity contribution in [3.63, 3.8) is 0 Å². The topological polar surface area (TPSA) is 35.5 Å². The molecule has 156 valence electrons. The first-order valence-corrected chi connectivity index (χ1v) is 13.7. The van der Waals surface area contributed by atoms with E-state index in [1.54, 1.807) is 13.2 Å². The summed E-state index contributed by atoms with van der Waals surface area (Å²) in [6, 6.07) is 0. The van der Waals surface area contributed by atoms with Crippen LogP contribution in [0.25, 0.3) is 0 Å². The number of hydrogen-bond donors (Lipinski definition) is 0. The van der Waals surface area contributed by atoms with Crippen LogP contribution in [0.1, 0.15) is 66.7 Å². The molecule has 0 bridgehead atoms. The first-order valence-electron chi connectivity index (χ1n) is 10.0. The monoisotopic (exact) mass is 458 g/mol. The molecule has 0 aliphatic heterocycles. The van der Waals surface area contributed by atoms with Gasteiger partial charge in [0.25, 0.3) is 0 Å². The van der Waals surface area contributed by atoms with Crippen LogP contribution >= 0.6 is 15.9 Å². The van der Waals surface area contributed by atoms with Gasteiger partial charge in [-0.1, -0.05) is 57.1 Å². The highest BCUT2D eigenvalue weighted by atomic mass is 79.9. The number of methoxy groups -OCH3 is 1. The molecule has 5 heteroatoms. The Morgan fingerprint density at radius 2 is 1.96 bits per heavy atom. The van der Waals surface area contributed by atoms with E-state index in [0.29, 0.717) is 12.3 Å². The van der Waals surface area contributed by atoms with Crippen LogP contribution in [-0.2, 0) is 14.0 Å². The molecule has 0 aromatic carbocycles. The molecule has 3 nitrogen and oxygen atoms in total. The van der Waals surface area contributed by atoms with Gasteiger partial charge < -0.3 is 9.16 Å². The molecule has 0 unspecified atom stereocenters. The number of rotatable bonds is 9. The third-order valence-electron chi connectivity index (χ3n) is 6.36. The molecule has 0 aromatic heterocycles. The van der Waals surface area contributed by atoms with Crippen LogP contribution in [0, 0.1) is 11.3 Å². The molecule has 1 aliphatic carbocycles. The van der Waals surface area contributed by atoms with Crippen molar-refractivity contribution in [1.29, 1.82) is 0 Å². The lowest BCUT2D eigenvalue weighted by atomic mass is 9.69. The van der Waals surface area contributed by atoms with E-state index in [4.69, 9.17) is 9.16 Å². The molecular weight excluding hydrogens is 420 g/mol. The smallest absolute Gasteiger partial charge is 0.192 e.